The highest BCUT2D eigenvalue weighted by Crippen LogP contribution is 2.22. The minimum Gasteiger partial charge on any atom is -0.321 e. The number of benzene rings is 2. The van der Waals surface area contributed by atoms with Gasteiger partial charge in [0.05, 0.1) is 12.7 Å². The Morgan fingerprint density at radius 2 is 1.87 bits per heavy atom. The van der Waals surface area contributed by atoms with E-state index in [1.807, 2.05) is 75.5 Å². The lowest BCUT2D eigenvalue weighted by Crippen LogP contribution is -2.15. The lowest BCUT2D eigenvalue weighted by atomic mass is 10.0. The number of hydrogen-bond donors (Lipinski definition) is 1. The van der Waals surface area contributed by atoms with Crippen molar-refractivity contribution >= 4 is 17.7 Å². The topological polar surface area (TPSA) is 83.6 Å². The van der Waals surface area contributed by atoms with Crippen molar-refractivity contribution in [1.29, 1.82) is 5.26 Å². The predicted molar refractivity (Wildman–Crippen MR) is 118 cm³/mol. The van der Waals surface area contributed by atoms with E-state index in [2.05, 4.69) is 15.6 Å². The van der Waals surface area contributed by atoms with Crippen molar-refractivity contribution in [1.82, 2.24) is 15.0 Å². The highest BCUT2D eigenvalue weighted by molar-refractivity contribution is 6.07. The molecule has 0 spiro atoms. The second-order valence-electron chi connectivity index (χ2n) is 7.11. The fourth-order valence-corrected chi connectivity index (χ4v) is 3.20. The van der Waals surface area contributed by atoms with E-state index in [-0.39, 0.29) is 5.57 Å². The van der Waals surface area contributed by atoms with E-state index in [0.717, 1.165) is 27.9 Å². The molecule has 0 fully saturated rings. The Morgan fingerprint density at radius 3 is 2.53 bits per heavy atom. The van der Waals surface area contributed by atoms with Gasteiger partial charge in [-0.05, 0) is 49.6 Å². The maximum absolute atomic E-state index is 12.5. The molecule has 2 aromatic carbocycles. The summed E-state index contributed by atoms with van der Waals surface area (Å²) < 4.78 is 1.74. The molecule has 1 aromatic heterocycles. The van der Waals surface area contributed by atoms with Gasteiger partial charge in [-0.3, -0.25) is 4.79 Å². The van der Waals surface area contributed by atoms with Crippen molar-refractivity contribution in [2.45, 2.75) is 27.3 Å². The average molecular weight is 397 g/mol. The van der Waals surface area contributed by atoms with Crippen LogP contribution >= 0.6 is 0 Å². The zero-order valence-corrected chi connectivity index (χ0v) is 17.3. The number of allylic oxidation sites excluding steroid dienone is 2. The third-order valence-electron chi connectivity index (χ3n) is 4.55. The number of nitrogens with zero attached hydrogens (tertiary/aromatic N) is 4. The second kappa shape index (κ2) is 9.48. The summed E-state index contributed by atoms with van der Waals surface area (Å²) in [4.78, 5) is 12.5. The zero-order valence-electron chi connectivity index (χ0n) is 17.3. The van der Waals surface area contributed by atoms with Crippen molar-refractivity contribution in [3.8, 4) is 6.07 Å². The standard InChI is InChI=1S/C24H23N5O/c1-17-12-18(2)23(19(3)13-17)26-24(30)21(14-25)10-7-11-22-16-29(28-27-22)15-20-8-5-4-6-9-20/h4-13,16H,15H2,1-3H3,(H,26,30)/b11-7+,21-10+. The van der Waals surface area contributed by atoms with Gasteiger partial charge in [-0.1, -0.05) is 59.3 Å². The van der Waals surface area contributed by atoms with Crippen LogP contribution in [0.15, 0.2) is 66.4 Å². The Hall–Kier alpha value is -3.98. The van der Waals surface area contributed by atoms with Gasteiger partial charge in [-0.2, -0.15) is 5.26 Å². The maximum Gasteiger partial charge on any atom is 0.266 e. The quantitative estimate of drug-likeness (QED) is 0.381. The Morgan fingerprint density at radius 1 is 1.17 bits per heavy atom. The molecule has 0 saturated carbocycles. The molecule has 0 aliphatic carbocycles. The smallest absolute Gasteiger partial charge is 0.266 e. The molecule has 0 aliphatic heterocycles. The van der Waals surface area contributed by atoms with Gasteiger partial charge in [0.2, 0.25) is 0 Å². The number of carbonyl (C=O) groups is 1. The molecule has 0 radical (unpaired) electrons. The van der Waals surface area contributed by atoms with Crippen LogP contribution in [0, 0.1) is 32.1 Å². The summed E-state index contributed by atoms with van der Waals surface area (Å²) in [5, 5.41) is 20.4. The third-order valence-corrected chi connectivity index (χ3v) is 4.55. The number of anilines is 1. The van der Waals surface area contributed by atoms with Crippen LogP contribution in [0.4, 0.5) is 5.69 Å². The van der Waals surface area contributed by atoms with Crippen LogP contribution in [-0.2, 0) is 11.3 Å². The molecular weight excluding hydrogens is 374 g/mol. The van der Waals surface area contributed by atoms with Gasteiger partial charge < -0.3 is 5.32 Å². The van der Waals surface area contributed by atoms with Gasteiger partial charge >= 0.3 is 0 Å². The number of amides is 1. The Bertz CT molecular complexity index is 1130. The summed E-state index contributed by atoms with van der Waals surface area (Å²) in [6.45, 7) is 6.50. The molecule has 3 aromatic rings. The minimum absolute atomic E-state index is 0.0160. The summed E-state index contributed by atoms with van der Waals surface area (Å²) in [6.07, 6.45) is 6.62. The van der Waals surface area contributed by atoms with Crippen molar-refractivity contribution < 1.29 is 4.79 Å². The van der Waals surface area contributed by atoms with Gasteiger partial charge in [0.15, 0.2) is 0 Å². The molecule has 150 valence electrons. The van der Waals surface area contributed by atoms with Gasteiger partial charge in [0.1, 0.15) is 17.3 Å². The van der Waals surface area contributed by atoms with Gasteiger partial charge in [-0.15, -0.1) is 5.10 Å². The second-order valence-corrected chi connectivity index (χ2v) is 7.11. The first-order valence-electron chi connectivity index (χ1n) is 9.58. The van der Waals surface area contributed by atoms with Crippen LogP contribution in [-0.4, -0.2) is 20.9 Å². The molecule has 6 nitrogen and oxygen atoms in total. The Balaban J connectivity index is 1.67. The molecule has 0 unspecified atom stereocenters. The van der Waals surface area contributed by atoms with Crippen molar-refractivity contribution in [3.05, 3.63) is 94.3 Å². The van der Waals surface area contributed by atoms with Gasteiger partial charge in [0.25, 0.3) is 5.91 Å². The molecule has 3 rings (SSSR count). The molecular formula is C24H23N5O. The number of rotatable bonds is 6. The molecule has 6 heteroatoms. The van der Waals surface area contributed by atoms with Crippen LogP contribution in [0.2, 0.25) is 0 Å². The molecule has 30 heavy (non-hydrogen) atoms. The summed E-state index contributed by atoms with van der Waals surface area (Å²) in [5.41, 5.74) is 5.57. The molecule has 0 atom stereocenters. The van der Waals surface area contributed by atoms with Gasteiger partial charge in [0, 0.05) is 5.69 Å². The highest BCUT2D eigenvalue weighted by Gasteiger charge is 2.12. The average Bonchev–Trinajstić information content (AvgIpc) is 3.15. The fourth-order valence-electron chi connectivity index (χ4n) is 3.20. The first-order valence-corrected chi connectivity index (χ1v) is 9.58. The lowest BCUT2D eigenvalue weighted by Gasteiger charge is -2.12. The minimum atomic E-state index is -0.440. The van der Waals surface area contributed by atoms with Crippen molar-refractivity contribution in [3.63, 3.8) is 0 Å². The van der Waals surface area contributed by atoms with Crippen LogP contribution in [0.5, 0.6) is 0 Å². The van der Waals surface area contributed by atoms with E-state index in [1.165, 1.54) is 6.08 Å². The highest BCUT2D eigenvalue weighted by atomic mass is 16.1. The van der Waals surface area contributed by atoms with Crippen LogP contribution < -0.4 is 5.32 Å². The van der Waals surface area contributed by atoms with Crippen molar-refractivity contribution in [2.75, 3.05) is 5.32 Å². The molecule has 0 saturated heterocycles. The van der Waals surface area contributed by atoms with Crippen molar-refractivity contribution in [2.24, 2.45) is 0 Å². The van der Waals surface area contributed by atoms with Crippen LogP contribution in [0.25, 0.3) is 6.08 Å². The summed E-state index contributed by atoms with van der Waals surface area (Å²) in [5.74, 6) is -0.440. The number of carbonyl (C=O) groups excluding carboxylic acids is 1. The fraction of sp³-hybridized carbons (Fsp3) is 0.167. The lowest BCUT2D eigenvalue weighted by molar-refractivity contribution is -0.112. The van der Waals surface area contributed by atoms with Gasteiger partial charge in [-0.25, -0.2) is 4.68 Å². The summed E-state index contributed by atoms with van der Waals surface area (Å²) in [7, 11) is 0. The number of nitrogens with one attached hydrogen (secondary N) is 1. The zero-order chi connectivity index (χ0) is 21.5. The van der Waals surface area contributed by atoms with E-state index < -0.39 is 5.91 Å². The molecule has 1 N–H and O–H groups in total. The third kappa shape index (κ3) is 5.30. The van der Waals surface area contributed by atoms with E-state index in [1.54, 1.807) is 16.8 Å². The Labute approximate surface area is 176 Å². The van der Waals surface area contributed by atoms with E-state index in [9.17, 15) is 10.1 Å². The normalized spacial score (nSPS) is 11.5. The van der Waals surface area contributed by atoms with E-state index >= 15 is 0 Å². The Kier molecular flexibility index (Phi) is 6.56. The van der Waals surface area contributed by atoms with E-state index in [0.29, 0.717) is 12.2 Å². The first kappa shape index (κ1) is 20.7. The van der Waals surface area contributed by atoms with Crippen LogP contribution in [0.3, 0.4) is 0 Å². The number of nitriles is 1. The number of aryl methyl sites for hydroxylation is 3. The molecule has 0 aliphatic rings. The SMILES string of the molecule is Cc1cc(C)c(NC(=O)/C(C#N)=C/C=C/c2cn(Cc3ccccc3)nn2)c(C)c1. The monoisotopic (exact) mass is 397 g/mol. The molecule has 0 bridgehead atoms. The maximum atomic E-state index is 12.5. The van der Waals surface area contributed by atoms with Crippen LogP contribution in [0.1, 0.15) is 27.9 Å². The molecule has 1 heterocycles. The largest absolute Gasteiger partial charge is 0.321 e. The summed E-state index contributed by atoms with van der Waals surface area (Å²) >= 11 is 0. The summed E-state index contributed by atoms with van der Waals surface area (Å²) in [6, 6.07) is 15.9. The number of aromatic nitrogens is 3. The number of hydrogen-bond acceptors (Lipinski definition) is 4. The predicted octanol–water partition coefficient (Wildman–Crippen LogP) is 4.35. The first-order chi connectivity index (χ1) is 14.5. The molecule has 1 amide bonds. The van der Waals surface area contributed by atoms with E-state index in [4.69, 9.17) is 0 Å².